The van der Waals surface area contributed by atoms with Gasteiger partial charge in [0.2, 0.25) is 0 Å². The molecule has 0 bridgehead atoms. The first kappa shape index (κ1) is 20.4. The van der Waals surface area contributed by atoms with Gasteiger partial charge in [0.1, 0.15) is 6.17 Å². The molecule has 2 aliphatic carbocycles. The zero-order chi connectivity index (χ0) is 18.0. The summed E-state index contributed by atoms with van der Waals surface area (Å²) in [5.74, 6) is 1.34. The smallest absolute Gasteiger partial charge is 0.192 e. The van der Waals surface area contributed by atoms with E-state index in [-0.39, 0.29) is 6.10 Å². The monoisotopic (exact) mass is 358 g/mol. The van der Waals surface area contributed by atoms with Crippen LogP contribution in [0.3, 0.4) is 0 Å². The van der Waals surface area contributed by atoms with Crippen molar-refractivity contribution < 1.29 is 13.6 Å². The minimum Gasteiger partial charge on any atom is -0.414 e. The van der Waals surface area contributed by atoms with Gasteiger partial charge < -0.3 is 9.16 Å². The largest absolute Gasteiger partial charge is 0.414 e. The third-order valence-electron chi connectivity index (χ3n) is 6.85. The maximum Gasteiger partial charge on any atom is 0.192 e. The minimum atomic E-state index is -1.64. The van der Waals surface area contributed by atoms with Crippen molar-refractivity contribution in [2.75, 3.05) is 7.11 Å². The van der Waals surface area contributed by atoms with Crippen LogP contribution in [0.5, 0.6) is 0 Å². The van der Waals surface area contributed by atoms with Crippen molar-refractivity contribution in [1.29, 1.82) is 0 Å². The Morgan fingerprint density at radius 1 is 0.958 bits per heavy atom. The van der Waals surface area contributed by atoms with Gasteiger partial charge in [0.05, 0.1) is 6.10 Å². The van der Waals surface area contributed by atoms with Gasteiger partial charge >= 0.3 is 0 Å². The van der Waals surface area contributed by atoms with Gasteiger partial charge in [-0.2, -0.15) is 0 Å². The van der Waals surface area contributed by atoms with Crippen LogP contribution < -0.4 is 0 Å². The summed E-state index contributed by atoms with van der Waals surface area (Å²) in [5.41, 5.74) is 0. The number of halogens is 1. The fraction of sp³-hybridized carbons (Fsp3) is 1.00. The first-order valence-corrected chi connectivity index (χ1v) is 12.9. The predicted octanol–water partition coefficient (Wildman–Crippen LogP) is 6.11. The number of methoxy groups -OCH3 is 1. The molecule has 0 amide bonds. The van der Waals surface area contributed by atoms with E-state index in [9.17, 15) is 4.39 Å². The average Bonchev–Trinajstić information content (AvgIpc) is 2.48. The Hall–Kier alpha value is 0.0669. The SMILES string of the molecule is COC1CCC(CC2CCC(O[Si](C)(C)C(C)(C)C)CC2)CC1F. The van der Waals surface area contributed by atoms with Crippen LogP contribution in [-0.2, 0) is 9.16 Å². The maximum absolute atomic E-state index is 14.1. The van der Waals surface area contributed by atoms with Crippen LogP contribution in [0.15, 0.2) is 0 Å². The highest BCUT2D eigenvalue weighted by molar-refractivity contribution is 6.74. The molecule has 0 saturated heterocycles. The molecule has 2 nitrogen and oxygen atoms in total. The van der Waals surface area contributed by atoms with E-state index in [1.807, 2.05) is 0 Å². The van der Waals surface area contributed by atoms with Gasteiger partial charge in [-0.1, -0.05) is 20.8 Å². The molecule has 0 aromatic heterocycles. The van der Waals surface area contributed by atoms with Gasteiger partial charge in [0.15, 0.2) is 8.32 Å². The summed E-state index contributed by atoms with van der Waals surface area (Å²) in [5, 5.41) is 0.292. The zero-order valence-electron chi connectivity index (χ0n) is 16.7. The van der Waals surface area contributed by atoms with E-state index in [2.05, 4.69) is 33.9 Å². The summed E-state index contributed by atoms with van der Waals surface area (Å²) in [4.78, 5) is 0. The lowest BCUT2D eigenvalue weighted by Gasteiger charge is -2.42. The van der Waals surface area contributed by atoms with Crippen LogP contribution in [0, 0.1) is 11.8 Å². The fourth-order valence-electron chi connectivity index (χ4n) is 4.20. The second kappa shape index (κ2) is 8.18. The third-order valence-corrected chi connectivity index (χ3v) is 11.4. The molecule has 2 saturated carbocycles. The molecule has 0 aromatic carbocycles. The lowest BCUT2D eigenvalue weighted by molar-refractivity contribution is -0.0140. The van der Waals surface area contributed by atoms with Gasteiger partial charge in [-0.05, 0) is 81.3 Å². The number of rotatable bonds is 5. The summed E-state index contributed by atoms with van der Waals surface area (Å²) >= 11 is 0. The van der Waals surface area contributed by atoms with E-state index in [0.717, 1.165) is 18.8 Å². The van der Waals surface area contributed by atoms with Gasteiger partial charge in [-0.25, -0.2) is 4.39 Å². The van der Waals surface area contributed by atoms with Crippen LogP contribution in [0.2, 0.25) is 18.1 Å². The second-order valence-corrected chi connectivity index (χ2v) is 14.5. The lowest BCUT2D eigenvalue weighted by Crippen LogP contribution is -2.44. The van der Waals surface area contributed by atoms with Gasteiger partial charge in [0.25, 0.3) is 0 Å². The molecule has 0 aliphatic heterocycles. The highest BCUT2D eigenvalue weighted by Gasteiger charge is 2.40. The molecule has 0 aromatic rings. The van der Waals surface area contributed by atoms with E-state index in [1.54, 1.807) is 7.11 Å². The third kappa shape index (κ3) is 5.28. The molecule has 2 aliphatic rings. The molecule has 142 valence electrons. The predicted molar refractivity (Wildman–Crippen MR) is 102 cm³/mol. The van der Waals surface area contributed by atoms with E-state index in [4.69, 9.17) is 9.16 Å². The Bertz CT molecular complexity index is 386. The molecule has 0 N–H and O–H groups in total. The van der Waals surface area contributed by atoms with E-state index in [1.165, 1.54) is 32.1 Å². The van der Waals surface area contributed by atoms with Gasteiger partial charge in [-0.15, -0.1) is 0 Å². The molecular formula is C20H39FO2Si. The zero-order valence-corrected chi connectivity index (χ0v) is 17.7. The normalized spacial score (nSPS) is 35.9. The van der Waals surface area contributed by atoms with E-state index in [0.29, 0.717) is 23.5 Å². The van der Waals surface area contributed by atoms with Crippen LogP contribution >= 0.6 is 0 Å². The van der Waals surface area contributed by atoms with Crippen LogP contribution in [0.1, 0.15) is 72.1 Å². The summed E-state index contributed by atoms with van der Waals surface area (Å²) in [7, 11) is -0.00117. The fourth-order valence-corrected chi connectivity index (χ4v) is 5.62. The molecule has 0 spiro atoms. The summed E-state index contributed by atoms with van der Waals surface area (Å²) in [6, 6.07) is 0. The summed E-state index contributed by atoms with van der Waals surface area (Å²) < 4.78 is 25.9. The molecular weight excluding hydrogens is 319 g/mol. The van der Waals surface area contributed by atoms with Crippen molar-refractivity contribution in [1.82, 2.24) is 0 Å². The molecule has 2 rings (SSSR count). The summed E-state index contributed by atoms with van der Waals surface area (Å²) in [6.45, 7) is 11.7. The average molecular weight is 359 g/mol. The minimum absolute atomic E-state index is 0.157. The highest BCUT2D eigenvalue weighted by atomic mass is 28.4. The molecule has 0 heterocycles. The molecule has 0 radical (unpaired) electrons. The van der Waals surface area contributed by atoms with E-state index >= 15 is 0 Å². The number of ether oxygens (including phenoxy) is 1. The van der Waals surface area contributed by atoms with Crippen molar-refractivity contribution in [3.63, 3.8) is 0 Å². The Morgan fingerprint density at radius 3 is 2.04 bits per heavy atom. The van der Waals surface area contributed by atoms with Crippen LogP contribution in [0.25, 0.3) is 0 Å². The first-order chi connectivity index (χ1) is 11.1. The van der Waals surface area contributed by atoms with Crippen molar-refractivity contribution in [3.8, 4) is 0 Å². The number of hydrogen-bond donors (Lipinski definition) is 0. The molecule has 4 heteroatoms. The standard InChI is InChI=1S/C20H39FO2Si/c1-20(2,3)24(5,6)23-17-10-7-15(8-11-17)13-16-9-12-19(22-4)18(21)14-16/h15-19H,7-14H2,1-6H3. The Kier molecular flexibility index (Phi) is 6.94. The van der Waals surface area contributed by atoms with E-state index < -0.39 is 14.5 Å². The Morgan fingerprint density at radius 2 is 1.54 bits per heavy atom. The molecule has 3 unspecified atom stereocenters. The summed E-state index contributed by atoms with van der Waals surface area (Å²) in [6.07, 6.45) is 8.42. The van der Waals surface area contributed by atoms with Crippen LogP contribution in [0.4, 0.5) is 4.39 Å². The second-order valence-electron chi connectivity index (χ2n) is 9.73. The van der Waals surface area contributed by atoms with Crippen molar-refractivity contribution in [2.45, 2.75) is 109 Å². The highest BCUT2D eigenvalue weighted by Crippen LogP contribution is 2.41. The first-order valence-electron chi connectivity index (χ1n) is 9.97. The van der Waals surface area contributed by atoms with Crippen molar-refractivity contribution in [3.05, 3.63) is 0 Å². The molecule has 24 heavy (non-hydrogen) atoms. The maximum atomic E-state index is 14.1. The quantitative estimate of drug-likeness (QED) is 0.552. The lowest BCUT2D eigenvalue weighted by atomic mass is 9.76. The van der Waals surface area contributed by atoms with Gasteiger partial charge in [0, 0.05) is 13.2 Å². The Labute approximate surface area is 150 Å². The molecule has 2 fully saturated rings. The van der Waals surface area contributed by atoms with Crippen LogP contribution in [-0.4, -0.2) is 33.8 Å². The van der Waals surface area contributed by atoms with Crippen molar-refractivity contribution in [2.24, 2.45) is 11.8 Å². The molecule has 3 atom stereocenters. The van der Waals surface area contributed by atoms with Crippen molar-refractivity contribution >= 4 is 8.32 Å². The van der Waals surface area contributed by atoms with Gasteiger partial charge in [-0.3, -0.25) is 0 Å². The topological polar surface area (TPSA) is 18.5 Å². The Balaban J connectivity index is 1.74. The number of alkyl halides is 1. The number of hydrogen-bond acceptors (Lipinski definition) is 2.